The zero-order valence-electron chi connectivity index (χ0n) is 9.21. The second kappa shape index (κ2) is 5.09. The highest BCUT2D eigenvalue weighted by atomic mass is 16.6. The van der Waals surface area contributed by atoms with Crippen molar-refractivity contribution in [1.29, 1.82) is 0 Å². The fraction of sp³-hybridized carbons (Fsp3) is 0.400. The van der Waals surface area contributed by atoms with Crippen LogP contribution in [0.1, 0.15) is 23.1 Å². The predicted molar refractivity (Wildman–Crippen MR) is 56.9 cm³/mol. The Morgan fingerprint density at radius 3 is 2.76 bits per heavy atom. The van der Waals surface area contributed by atoms with Crippen LogP contribution in [0.4, 0.5) is 0 Å². The average molecular weight is 242 g/mol. The van der Waals surface area contributed by atoms with Gasteiger partial charge in [-0.3, -0.25) is 9.59 Å². The van der Waals surface area contributed by atoms with E-state index in [-0.39, 0.29) is 18.0 Å². The van der Waals surface area contributed by atoms with Crippen LogP contribution >= 0.6 is 0 Å². The van der Waals surface area contributed by atoms with Crippen LogP contribution in [0, 0.1) is 0 Å². The summed E-state index contributed by atoms with van der Waals surface area (Å²) < 4.78 is 4.95. The molecule has 0 fully saturated rings. The summed E-state index contributed by atoms with van der Waals surface area (Å²) >= 11 is 0. The molecular formula is C10H14N2O5. The van der Waals surface area contributed by atoms with E-state index in [2.05, 4.69) is 4.98 Å². The quantitative estimate of drug-likeness (QED) is 0.370. The first-order valence-electron chi connectivity index (χ1n) is 4.94. The van der Waals surface area contributed by atoms with Gasteiger partial charge < -0.3 is 25.7 Å². The molecule has 1 rings (SSSR count). The molecule has 1 amide bonds. The van der Waals surface area contributed by atoms with E-state index in [1.807, 2.05) is 0 Å². The fourth-order valence-corrected chi connectivity index (χ4v) is 1.41. The number of amides is 1. The lowest BCUT2D eigenvalue weighted by molar-refractivity contribution is -0.259. The van der Waals surface area contributed by atoms with Gasteiger partial charge in [0.05, 0.1) is 11.4 Å². The maximum atomic E-state index is 10.9. The van der Waals surface area contributed by atoms with Gasteiger partial charge in [0, 0.05) is 6.61 Å². The lowest BCUT2D eigenvalue weighted by Crippen LogP contribution is -2.49. The standard InChI is InChI=1S/C10H14N2O5/c1-2-17-10(16,8(14)9(11)15)7-4-3-6(5-13)12-7/h3-5,8,12,14,16H,2H2,1H3,(H2,11,15). The number of hydrogen-bond donors (Lipinski definition) is 4. The molecule has 1 heterocycles. The summed E-state index contributed by atoms with van der Waals surface area (Å²) in [5, 5.41) is 19.7. The summed E-state index contributed by atoms with van der Waals surface area (Å²) in [6.45, 7) is 1.61. The van der Waals surface area contributed by atoms with E-state index in [9.17, 15) is 19.8 Å². The zero-order valence-corrected chi connectivity index (χ0v) is 9.21. The van der Waals surface area contributed by atoms with Crippen LogP contribution in [0.15, 0.2) is 12.1 Å². The second-order valence-electron chi connectivity index (χ2n) is 3.38. The SMILES string of the molecule is CCOC(O)(c1ccc(C=O)[nH]1)C(O)C(N)=O. The minimum atomic E-state index is -2.29. The molecule has 0 aliphatic rings. The molecule has 2 unspecified atom stereocenters. The summed E-state index contributed by atoms with van der Waals surface area (Å²) in [6.07, 6.45) is -1.42. The normalized spacial score (nSPS) is 16.2. The number of rotatable bonds is 6. The molecule has 2 atom stereocenters. The molecule has 1 aromatic heterocycles. The Morgan fingerprint density at radius 1 is 1.71 bits per heavy atom. The third kappa shape index (κ3) is 2.52. The molecular weight excluding hydrogens is 228 g/mol. The Labute approximate surface area is 97.2 Å². The minimum absolute atomic E-state index is 0.0206. The minimum Gasteiger partial charge on any atom is -0.378 e. The topological polar surface area (TPSA) is 126 Å². The largest absolute Gasteiger partial charge is 0.378 e. The van der Waals surface area contributed by atoms with E-state index in [0.29, 0.717) is 6.29 Å². The number of carbonyl (C=O) groups excluding carboxylic acids is 2. The van der Waals surface area contributed by atoms with Gasteiger partial charge >= 0.3 is 0 Å². The van der Waals surface area contributed by atoms with E-state index in [0.717, 1.165) is 0 Å². The first-order chi connectivity index (χ1) is 7.95. The number of nitrogens with one attached hydrogen (secondary N) is 1. The highest BCUT2D eigenvalue weighted by Gasteiger charge is 2.43. The van der Waals surface area contributed by atoms with Gasteiger partial charge in [0.2, 0.25) is 5.79 Å². The number of ether oxygens (including phenoxy) is 1. The number of aromatic amines is 1. The Bertz CT molecular complexity index is 417. The van der Waals surface area contributed by atoms with Crippen molar-refractivity contribution in [3.63, 3.8) is 0 Å². The first-order valence-corrected chi connectivity index (χ1v) is 4.94. The highest BCUT2D eigenvalue weighted by molar-refractivity contribution is 5.80. The lowest BCUT2D eigenvalue weighted by Gasteiger charge is -2.29. The second-order valence-corrected chi connectivity index (χ2v) is 3.38. The van der Waals surface area contributed by atoms with Crippen molar-refractivity contribution < 1.29 is 24.5 Å². The molecule has 94 valence electrons. The maximum Gasteiger partial charge on any atom is 0.252 e. The Morgan fingerprint density at radius 2 is 2.35 bits per heavy atom. The number of aliphatic hydroxyl groups is 2. The third-order valence-electron chi connectivity index (χ3n) is 2.23. The van der Waals surface area contributed by atoms with Gasteiger partial charge in [-0.1, -0.05) is 0 Å². The van der Waals surface area contributed by atoms with Crippen LogP contribution in [0.2, 0.25) is 0 Å². The summed E-state index contributed by atoms with van der Waals surface area (Å²) in [6, 6.07) is 2.70. The number of aromatic nitrogens is 1. The van der Waals surface area contributed by atoms with Crippen LogP contribution < -0.4 is 5.73 Å². The molecule has 0 spiro atoms. The number of aldehydes is 1. The smallest absolute Gasteiger partial charge is 0.252 e. The summed E-state index contributed by atoms with van der Waals surface area (Å²) in [5.41, 5.74) is 5.07. The van der Waals surface area contributed by atoms with Crippen LogP contribution in [-0.4, -0.2) is 40.1 Å². The molecule has 0 aliphatic heterocycles. The van der Waals surface area contributed by atoms with E-state index in [4.69, 9.17) is 10.5 Å². The van der Waals surface area contributed by atoms with Gasteiger partial charge in [-0.15, -0.1) is 0 Å². The summed E-state index contributed by atoms with van der Waals surface area (Å²) in [4.78, 5) is 23.9. The summed E-state index contributed by atoms with van der Waals surface area (Å²) in [7, 11) is 0. The molecule has 5 N–H and O–H groups in total. The Kier molecular flexibility index (Phi) is 4.00. The van der Waals surface area contributed by atoms with Gasteiger partial charge in [-0.25, -0.2) is 0 Å². The van der Waals surface area contributed by atoms with Gasteiger partial charge in [0.15, 0.2) is 12.4 Å². The molecule has 17 heavy (non-hydrogen) atoms. The molecule has 7 nitrogen and oxygen atoms in total. The van der Waals surface area contributed by atoms with E-state index >= 15 is 0 Å². The van der Waals surface area contributed by atoms with Crippen molar-refractivity contribution in [2.75, 3.05) is 6.61 Å². The van der Waals surface area contributed by atoms with Crippen LogP contribution in [0.5, 0.6) is 0 Å². The molecule has 1 aromatic rings. The average Bonchev–Trinajstić information content (AvgIpc) is 2.77. The monoisotopic (exact) mass is 242 g/mol. The zero-order chi connectivity index (χ0) is 13.1. The third-order valence-corrected chi connectivity index (χ3v) is 2.23. The number of carbonyl (C=O) groups is 2. The predicted octanol–water partition coefficient (Wildman–Crippen LogP) is -1.15. The van der Waals surface area contributed by atoms with Crippen molar-refractivity contribution in [3.8, 4) is 0 Å². The van der Waals surface area contributed by atoms with E-state index in [1.54, 1.807) is 6.92 Å². The summed E-state index contributed by atoms with van der Waals surface area (Å²) in [5.74, 6) is -3.43. The van der Waals surface area contributed by atoms with Crippen LogP contribution in [-0.2, 0) is 15.3 Å². The Balaban J connectivity index is 3.14. The first kappa shape index (κ1) is 13.4. The van der Waals surface area contributed by atoms with Crippen molar-refractivity contribution >= 4 is 12.2 Å². The van der Waals surface area contributed by atoms with E-state index in [1.165, 1.54) is 12.1 Å². The highest BCUT2D eigenvalue weighted by Crippen LogP contribution is 2.26. The molecule has 0 saturated carbocycles. The molecule has 0 aliphatic carbocycles. The molecule has 0 radical (unpaired) electrons. The van der Waals surface area contributed by atoms with Crippen molar-refractivity contribution in [1.82, 2.24) is 4.98 Å². The van der Waals surface area contributed by atoms with Crippen molar-refractivity contribution in [3.05, 3.63) is 23.5 Å². The van der Waals surface area contributed by atoms with Gasteiger partial charge in [0.1, 0.15) is 0 Å². The van der Waals surface area contributed by atoms with Gasteiger partial charge in [0.25, 0.3) is 5.91 Å². The molecule has 0 saturated heterocycles. The van der Waals surface area contributed by atoms with Gasteiger partial charge in [-0.05, 0) is 19.1 Å². The number of nitrogens with two attached hydrogens (primary N) is 1. The van der Waals surface area contributed by atoms with Crippen molar-refractivity contribution in [2.45, 2.75) is 18.8 Å². The van der Waals surface area contributed by atoms with Crippen LogP contribution in [0.3, 0.4) is 0 Å². The molecule has 7 heteroatoms. The van der Waals surface area contributed by atoms with Gasteiger partial charge in [-0.2, -0.15) is 0 Å². The van der Waals surface area contributed by atoms with Crippen molar-refractivity contribution in [2.24, 2.45) is 5.73 Å². The number of aliphatic hydroxyl groups excluding tert-OH is 1. The lowest BCUT2D eigenvalue weighted by atomic mass is 10.1. The maximum absolute atomic E-state index is 10.9. The van der Waals surface area contributed by atoms with Crippen LogP contribution in [0.25, 0.3) is 0 Å². The Hall–Kier alpha value is -1.70. The fourth-order valence-electron chi connectivity index (χ4n) is 1.41. The van der Waals surface area contributed by atoms with E-state index < -0.39 is 17.8 Å². The number of hydrogen-bond acceptors (Lipinski definition) is 5. The molecule has 0 aromatic carbocycles. The number of primary amides is 1. The number of H-pyrrole nitrogens is 1. The molecule has 0 bridgehead atoms.